The number of halogens is 1. The highest BCUT2D eigenvalue weighted by Gasteiger charge is 2.30. The van der Waals surface area contributed by atoms with Gasteiger partial charge >= 0.3 is 5.97 Å². The van der Waals surface area contributed by atoms with E-state index in [0.717, 1.165) is 29.3 Å². The molecule has 4 nitrogen and oxygen atoms in total. The van der Waals surface area contributed by atoms with Crippen LogP contribution in [0.25, 0.3) is 0 Å². The summed E-state index contributed by atoms with van der Waals surface area (Å²) in [6.45, 7) is 2.32. The summed E-state index contributed by atoms with van der Waals surface area (Å²) in [4.78, 5) is 23.5. The predicted molar refractivity (Wildman–Crippen MR) is 84.3 cm³/mol. The lowest BCUT2D eigenvalue weighted by Crippen LogP contribution is -2.37. The Morgan fingerprint density at radius 2 is 2.05 bits per heavy atom. The van der Waals surface area contributed by atoms with Crippen LogP contribution in [0.15, 0.2) is 22.7 Å². The van der Waals surface area contributed by atoms with Gasteiger partial charge in [-0.15, -0.1) is 0 Å². The number of amides is 1. The van der Waals surface area contributed by atoms with Crippen LogP contribution in [0.2, 0.25) is 0 Å². The molecule has 0 spiro atoms. The Bertz CT molecular complexity index is 544. The van der Waals surface area contributed by atoms with Crippen molar-refractivity contribution in [3.63, 3.8) is 0 Å². The van der Waals surface area contributed by atoms with Gasteiger partial charge in [-0.25, -0.2) is 0 Å². The number of carbonyl (C=O) groups is 2. The van der Waals surface area contributed by atoms with E-state index in [1.165, 1.54) is 0 Å². The van der Waals surface area contributed by atoms with Gasteiger partial charge in [0.15, 0.2) is 0 Å². The molecule has 0 saturated heterocycles. The van der Waals surface area contributed by atoms with Crippen LogP contribution in [0.3, 0.4) is 0 Å². The predicted octanol–water partition coefficient (Wildman–Crippen LogP) is 3.38. The molecule has 114 valence electrons. The van der Waals surface area contributed by atoms with Gasteiger partial charge in [-0.3, -0.25) is 9.59 Å². The number of hydrogen-bond donors (Lipinski definition) is 2. The van der Waals surface area contributed by atoms with Crippen molar-refractivity contribution in [1.82, 2.24) is 5.32 Å². The van der Waals surface area contributed by atoms with Gasteiger partial charge < -0.3 is 10.4 Å². The Kier molecular flexibility index (Phi) is 5.39. The molecular weight excluding hydrogens is 334 g/mol. The molecule has 2 unspecified atom stereocenters. The molecule has 1 aliphatic carbocycles. The third kappa shape index (κ3) is 4.06. The fraction of sp³-hybridized carbons (Fsp3) is 0.500. The Morgan fingerprint density at radius 1 is 1.33 bits per heavy atom. The van der Waals surface area contributed by atoms with Gasteiger partial charge in [0.25, 0.3) is 5.91 Å². The monoisotopic (exact) mass is 353 g/mol. The van der Waals surface area contributed by atoms with Crippen LogP contribution in [0, 0.1) is 18.8 Å². The molecule has 1 aromatic carbocycles. The van der Waals surface area contributed by atoms with Crippen LogP contribution < -0.4 is 5.32 Å². The SMILES string of the molecule is Cc1ccc(Br)cc1C(=O)NCC1CCCCC1C(=O)O. The molecule has 0 bridgehead atoms. The van der Waals surface area contributed by atoms with Gasteiger partial charge in [-0.2, -0.15) is 0 Å². The maximum atomic E-state index is 12.3. The van der Waals surface area contributed by atoms with E-state index < -0.39 is 5.97 Å². The van der Waals surface area contributed by atoms with Crippen molar-refractivity contribution >= 4 is 27.8 Å². The fourth-order valence-electron chi connectivity index (χ4n) is 2.93. The minimum absolute atomic E-state index is 0.0349. The van der Waals surface area contributed by atoms with Crippen LogP contribution in [-0.2, 0) is 4.79 Å². The van der Waals surface area contributed by atoms with Crippen LogP contribution in [0.4, 0.5) is 0 Å². The quantitative estimate of drug-likeness (QED) is 0.871. The lowest BCUT2D eigenvalue weighted by molar-refractivity contribution is -0.144. The number of carbonyl (C=O) groups excluding carboxylic acids is 1. The van der Waals surface area contributed by atoms with Crippen molar-refractivity contribution in [2.45, 2.75) is 32.6 Å². The molecule has 2 atom stereocenters. The second-order valence-corrected chi connectivity index (χ2v) is 6.57. The third-order valence-corrected chi connectivity index (χ3v) is 4.69. The van der Waals surface area contributed by atoms with Crippen molar-refractivity contribution in [2.75, 3.05) is 6.54 Å². The average molecular weight is 354 g/mol. The summed E-state index contributed by atoms with van der Waals surface area (Å²) in [6.07, 6.45) is 3.59. The van der Waals surface area contributed by atoms with Gasteiger partial charge in [0, 0.05) is 16.6 Å². The van der Waals surface area contributed by atoms with Gasteiger partial charge in [-0.1, -0.05) is 34.8 Å². The number of hydrogen-bond acceptors (Lipinski definition) is 2. The smallest absolute Gasteiger partial charge is 0.306 e. The lowest BCUT2D eigenvalue weighted by Gasteiger charge is -2.28. The van der Waals surface area contributed by atoms with E-state index in [-0.39, 0.29) is 17.7 Å². The first-order chi connectivity index (χ1) is 9.99. The van der Waals surface area contributed by atoms with Crippen molar-refractivity contribution in [1.29, 1.82) is 0 Å². The molecule has 21 heavy (non-hydrogen) atoms. The fourth-order valence-corrected chi connectivity index (χ4v) is 3.30. The normalized spacial score (nSPS) is 21.8. The first-order valence-corrected chi connectivity index (χ1v) is 8.05. The minimum Gasteiger partial charge on any atom is -0.481 e. The third-order valence-electron chi connectivity index (χ3n) is 4.20. The zero-order valence-electron chi connectivity index (χ0n) is 12.1. The summed E-state index contributed by atoms with van der Waals surface area (Å²) in [5.41, 5.74) is 1.54. The van der Waals surface area contributed by atoms with E-state index in [0.29, 0.717) is 18.5 Å². The van der Waals surface area contributed by atoms with Crippen LogP contribution >= 0.6 is 15.9 Å². The average Bonchev–Trinajstić information content (AvgIpc) is 2.47. The lowest BCUT2D eigenvalue weighted by atomic mass is 9.79. The second-order valence-electron chi connectivity index (χ2n) is 5.66. The minimum atomic E-state index is -0.743. The number of benzene rings is 1. The maximum Gasteiger partial charge on any atom is 0.306 e. The van der Waals surface area contributed by atoms with Crippen LogP contribution in [0.5, 0.6) is 0 Å². The summed E-state index contributed by atoms with van der Waals surface area (Å²) in [5, 5.41) is 12.2. The van der Waals surface area contributed by atoms with Crippen molar-refractivity contribution in [2.24, 2.45) is 11.8 Å². The van der Waals surface area contributed by atoms with Crippen molar-refractivity contribution < 1.29 is 14.7 Å². The van der Waals surface area contributed by atoms with Gasteiger partial charge in [0.1, 0.15) is 0 Å². The number of aryl methyl sites for hydroxylation is 1. The topological polar surface area (TPSA) is 66.4 Å². The Labute approximate surface area is 133 Å². The van der Waals surface area contributed by atoms with E-state index in [1.54, 1.807) is 6.07 Å². The number of carboxylic acid groups (broad SMARTS) is 1. The van der Waals surface area contributed by atoms with Gasteiger partial charge in [-0.05, 0) is 43.4 Å². The first kappa shape index (κ1) is 16.0. The summed E-state index contributed by atoms with van der Waals surface area (Å²) in [7, 11) is 0. The summed E-state index contributed by atoms with van der Waals surface area (Å²) in [6, 6.07) is 5.58. The van der Waals surface area contributed by atoms with Crippen LogP contribution in [0.1, 0.15) is 41.6 Å². The number of aliphatic carboxylic acids is 1. The molecule has 2 N–H and O–H groups in total. The molecule has 5 heteroatoms. The maximum absolute atomic E-state index is 12.3. The van der Waals surface area contributed by atoms with Gasteiger partial charge in [0.2, 0.25) is 0 Å². The van der Waals surface area contributed by atoms with Crippen molar-refractivity contribution in [3.05, 3.63) is 33.8 Å². The number of carboxylic acids is 1. The van der Waals surface area contributed by atoms with Gasteiger partial charge in [0.05, 0.1) is 5.92 Å². The second kappa shape index (κ2) is 7.07. The van der Waals surface area contributed by atoms with E-state index in [9.17, 15) is 14.7 Å². The van der Waals surface area contributed by atoms with E-state index >= 15 is 0 Å². The zero-order chi connectivity index (χ0) is 15.4. The summed E-state index contributed by atoms with van der Waals surface area (Å²) >= 11 is 3.36. The molecule has 1 amide bonds. The Morgan fingerprint density at radius 3 is 2.76 bits per heavy atom. The molecule has 0 aromatic heterocycles. The highest BCUT2D eigenvalue weighted by molar-refractivity contribution is 9.10. The first-order valence-electron chi connectivity index (χ1n) is 7.26. The standard InChI is InChI=1S/C16H20BrNO3/c1-10-6-7-12(17)8-14(10)15(19)18-9-11-4-2-3-5-13(11)16(20)21/h6-8,11,13H,2-5,9H2,1H3,(H,18,19)(H,20,21). The van der Waals surface area contributed by atoms with Crippen LogP contribution in [-0.4, -0.2) is 23.5 Å². The molecule has 1 aliphatic rings. The summed E-state index contributed by atoms with van der Waals surface area (Å²) in [5.74, 6) is -1.17. The Hall–Kier alpha value is -1.36. The Balaban J connectivity index is 1.99. The molecular formula is C16H20BrNO3. The molecule has 2 rings (SSSR count). The molecule has 0 aliphatic heterocycles. The molecule has 0 heterocycles. The van der Waals surface area contributed by atoms with Crippen molar-refractivity contribution in [3.8, 4) is 0 Å². The molecule has 1 saturated carbocycles. The molecule has 1 fully saturated rings. The van der Waals surface area contributed by atoms with E-state index in [4.69, 9.17) is 0 Å². The molecule has 0 radical (unpaired) electrons. The molecule has 1 aromatic rings. The number of nitrogens with one attached hydrogen (secondary N) is 1. The highest BCUT2D eigenvalue weighted by Crippen LogP contribution is 2.29. The van der Waals surface area contributed by atoms with E-state index in [2.05, 4.69) is 21.2 Å². The number of rotatable bonds is 4. The van der Waals surface area contributed by atoms with E-state index in [1.807, 2.05) is 19.1 Å². The summed E-state index contributed by atoms with van der Waals surface area (Å²) < 4.78 is 0.860. The zero-order valence-corrected chi connectivity index (χ0v) is 13.6. The largest absolute Gasteiger partial charge is 0.481 e. The highest BCUT2D eigenvalue weighted by atomic mass is 79.9.